The fraction of sp³-hybridized carbons (Fsp3) is 0.348. The molecular weight excluding hydrogens is 416 g/mol. The van der Waals surface area contributed by atoms with Gasteiger partial charge in [0.2, 0.25) is 5.91 Å². The lowest BCUT2D eigenvalue weighted by atomic mass is 9.98. The summed E-state index contributed by atoms with van der Waals surface area (Å²) in [6, 6.07) is 14.3. The zero-order chi connectivity index (χ0) is 23.1. The summed E-state index contributed by atoms with van der Waals surface area (Å²) >= 11 is 0. The van der Waals surface area contributed by atoms with Gasteiger partial charge in [-0.3, -0.25) is 9.59 Å². The third-order valence-electron chi connectivity index (χ3n) is 5.36. The van der Waals surface area contributed by atoms with E-state index < -0.39 is 30.4 Å². The quantitative estimate of drug-likeness (QED) is 0.434. The summed E-state index contributed by atoms with van der Waals surface area (Å²) in [5.74, 6) is -2.18. The van der Waals surface area contributed by atoms with E-state index in [-0.39, 0.29) is 38.8 Å². The molecule has 0 spiro atoms. The van der Waals surface area contributed by atoms with Gasteiger partial charge in [-0.1, -0.05) is 48.5 Å². The summed E-state index contributed by atoms with van der Waals surface area (Å²) in [4.78, 5) is 37.4. The fourth-order valence-corrected chi connectivity index (χ4v) is 3.95. The van der Waals surface area contributed by atoms with Crippen molar-refractivity contribution in [3.05, 3.63) is 59.7 Å². The van der Waals surface area contributed by atoms with Gasteiger partial charge in [0.1, 0.15) is 12.6 Å². The predicted molar refractivity (Wildman–Crippen MR) is 115 cm³/mol. The van der Waals surface area contributed by atoms with Crippen molar-refractivity contribution < 1.29 is 34.4 Å². The van der Waals surface area contributed by atoms with Crippen LogP contribution in [0.1, 0.15) is 23.5 Å². The van der Waals surface area contributed by atoms with Crippen LogP contribution in [0.5, 0.6) is 0 Å². The Morgan fingerprint density at radius 1 is 0.938 bits per heavy atom. The van der Waals surface area contributed by atoms with Crippen molar-refractivity contribution in [3.63, 3.8) is 0 Å². The second kappa shape index (κ2) is 10.7. The molecule has 0 fully saturated rings. The molecule has 0 aromatic heterocycles. The number of carboxylic acids is 1. The van der Waals surface area contributed by atoms with Crippen molar-refractivity contribution in [1.29, 1.82) is 0 Å². The number of nitrogens with zero attached hydrogens (tertiary/aromatic N) is 1. The first-order valence-corrected chi connectivity index (χ1v) is 10.3. The SMILES string of the molecule is O=C(O)CC(NC(=O)OCC1c2ccccc2-c2ccccc21)C(=O)N(CCO)CCO. The minimum Gasteiger partial charge on any atom is -0.481 e. The highest BCUT2D eigenvalue weighted by atomic mass is 16.5. The van der Waals surface area contributed by atoms with Crippen LogP contribution in [0, 0.1) is 0 Å². The highest BCUT2D eigenvalue weighted by Crippen LogP contribution is 2.44. The molecule has 3 rings (SSSR count). The summed E-state index contributed by atoms with van der Waals surface area (Å²) < 4.78 is 5.39. The molecule has 4 N–H and O–H groups in total. The minimum absolute atomic E-state index is 0.0187. The molecule has 0 saturated carbocycles. The van der Waals surface area contributed by atoms with Crippen molar-refractivity contribution in [2.45, 2.75) is 18.4 Å². The maximum absolute atomic E-state index is 12.7. The third-order valence-corrected chi connectivity index (χ3v) is 5.36. The Balaban J connectivity index is 1.69. The average molecular weight is 442 g/mol. The number of aliphatic hydroxyl groups is 2. The Labute approximate surface area is 185 Å². The number of hydrogen-bond acceptors (Lipinski definition) is 6. The van der Waals surface area contributed by atoms with Crippen molar-refractivity contribution in [1.82, 2.24) is 10.2 Å². The Morgan fingerprint density at radius 2 is 1.47 bits per heavy atom. The van der Waals surface area contributed by atoms with Crippen LogP contribution in [-0.2, 0) is 14.3 Å². The second-order valence-corrected chi connectivity index (χ2v) is 7.39. The van der Waals surface area contributed by atoms with Crippen LogP contribution in [0.2, 0.25) is 0 Å². The number of carbonyl (C=O) groups is 3. The van der Waals surface area contributed by atoms with Crippen LogP contribution < -0.4 is 5.32 Å². The second-order valence-electron chi connectivity index (χ2n) is 7.39. The number of rotatable bonds is 10. The number of nitrogens with one attached hydrogen (secondary N) is 1. The molecule has 1 aliphatic carbocycles. The van der Waals surface area contributed by atoms with E-state index in [0.717, 1.165) is 27.2 Å². The molecule has 170 valence electrons. The van der Waals surface area contributed by atoms with Crippen LogP contribution in [0.3, 0.4) is 0 Å². The first kappa shape index (κ1) is 23.2. The number of hydrogen-bond donors (Lipinski definition) is 4. The minimum atomic E-state index is -1.39. The Kier molecular flexibility index (Phi) is 7.80. The molecule has 0 bridgehead atoms. The molecule has 1 aliphatic rings. The highest BCUT2D eigenvalue weighted by Gasteiger charge is 2.31. The van der Waals surface area contributed by atoms with Crippen molar-refractivity contribution in [3.8, 4) is 11.1 Å². The molecule has 1 unspecified atom stereocenters. The first-order chi connectivity index (χ1) is 15.5. The Morgan fingerprint density at radius 3 is 1.97 bits per heavy atom. The number of alkyl carbamates (subject to hydrolysis) is 1. The van der Waals surface area contributed by atoms with Gasteiger partial charge in [0, 0.05) is 19.0 Å². The lowest BCUT2D eigenvalue weighted by Crippen LogP contribution is -2.51. The first-order valence-electron chi connectivity index (χ1n) is 10.3. The smallest absolute Gasteiger partial charge is 0.407 e. The molecule has 0 radical (unpaired) electrons. The number of aliphatic hydroxyl groups excluding tert-OH is 2. The molecule has 0 saturated heterocycles. The molecule has 32 heavy (non-hydrogen) atoms. The van der Waals surface area contributed by atoms with Crippen LogP contribution in [-0.4, -0.2) is 77.1 Å². The van der Waals surface area contributed by atoms with Gasteiger partial charge in [0.25, 0.3) is 0 Å². The van der Waals surface area contributed by atoms with Crippen molar-refractivity contribution in [2.75, 3.05) is 32.9 Å². The molecule has 1 atom stereocenters. The normalized spacial score (nSPS) is 13.1. The lowest BCUT2D eigenvalue weighted by Gasteiger charge is -2.26. The Hall–Kier alpha value is -3.43. The standard InChI is InChI=1S/C23H26N2O7/c26-11-9-25(10-12-27)22(30)20(13-21(28)29)24-23(31)32-14-19-17-7-3-1-5-15(17)16-6-2-4-8-18(16)19/h1-8,19-20,26-27H,9-14H2,(H,24,31)(H,28,29). The Bertz CT molecular complexity index is 927. The topological polar surface area (TPSA) is 136 Å². The molecule has 2 amide bonds. The molecule has 9 nitrogen and oxygen atoms in total. The van der Waals surface area contributed by atoms with Gasteiger partial charge >= 0.3 is 12.1 Å². The number of amides is 2. The van der Waals surface area contributed by atoms with Gasteiger partial charge in [-0.2, -0.15) is 0 Å². The molecule has 9 heteroatoms. The number of carbonyl (C=O) groups excluding carboxylic acids is 2. The van der Waals surface area contributed by atoms with E-state index in [1.54, 1.807) is 0 Å². The van der Waals surface area contributed by atoms with E-state index in [2.05, 4.69) is 5.32 Å². The monoisotopic (exact) mass is 442 g/mol. The van der Waals surface area contributed by atoms with Gasteiger partial charge in [-0.25, -0.2) is 4.79 Å². The third kappa shape index (κ3) is 5.24. The number of benzene rings is 2. The van der Waals surface area contributed by atoms with Crippen LogP contribution in [0.15, 0.2) is 48.5 Å². The average Bonchev–Trinajstić information content (AvgIpc) is 3.10. The fourth-order valence-electron chi connectivity index (χ4n) is 3.95. The highest BCUT2D eigenvalue weighted by molar-refractivity contribution is 5.89. The van der Waals surface area contributed by atoms with E-state index in [1.165, 1.54) is 0 Å². The summed E-state index contributed by atoms with van der Waals surface area (Å²) in [6.45, 7) is -0.901. The number of carboxylic acid groups (broad SMARTS) is 1. The molecule has 2 aromatic rings. The van der Waals surface area contributed by atoms with E-state index in [0.29, 0.717) is 0 Å². The van der Waals surface area contributed by atoms with Crippen LogP contribution in [0.25, 0.3) is 11.1 Å². The summed E-state index contributed by atoms with van der Waals surface area (Å²) in [6.07, 6.45) is -1.57. The molecular formula is C23H26N2O7. The van der Waals surface area contributed by atoms with Gasteiger partial charge in [0.15, 0.2) is 0 Å². The lowest BCUT2D eigenvalue weighted by molar-refractivity contribution is -0.143. The summed E-state index contributed by atoms with van der Waals surface area (Å²) in [5, 5.41) is 29.7. The zero-order valence-corrected chi connectivity index (χ0v) is 17.4. The van der Waals surface area contributed by atoms with Gasteiger partial charge in [-0.05, 0) is 22.3 Å². The largest absolute Gasteiger partial charge is 0.481 e. The van der Waals surface area contributed by atoms with Gasteiger partial charge < -0.3 is 30.3 Å². The van der Waals surface area contributed by atoms with Crippen LogP contribution >= 0.6 is 0 Å². The molecule has 0 aliphatic heterocycles. The van der Waals surface area contributed by atoms with Gasteiger partial charge in [0.05, 0.1) is 19.6 Å². The van der Waals surface area contributed by atoms with E-state index >= 15 is 0 Å². The number of ether oxygens (including phenoxy) is 1. The van der Waals surface area contributed by atoms with Crippen molar-refractivity contribution >= 4 is 18.0 Å². The van der Waals surface area contributed by atoms with E-state index in [4.69, 9.17) is 20.1 Å². The maximum atomic E-state index is 12.7. The zero-order valence-electron chi connectivity index (χ0n) is 17.4. The summed E-state index contributed by atoms with van der Waals surface area (Å²) in [7, 11) is 0. The maximum Gasteiger partial charge on any atom is 0.407 e. The van der Waals surface area contributed by atoms with E-state index in [1.807, 2.05) is 48.5 Å². The summed E-state index contributed by atoms with van der Waals surface area (Å²) in [5.41, 5.74) is 4.19. The molecule has 2 aromatic carbocycles. The van der Waals surface area contributed by atoms with Gasteiger partial charge in [-0.15, -0.1) is 0 Å². The van der Waals surface area contributed by atoms with E-state index in [9.17, 15) is 14.4 Å². The predicted octanol–water partition coefficient (Wildman–Crippen LogP) is 1.18. The van der Waals surface area contributed by atoms with Crippen molar-refractivity contribution in [2.24, 2.45) is 0 Å². The number of aliphatic carboxylic acids is 1. The van der Waals surface area contributed by atoms with Crippen LogP contribution in [0.4, 0.5) is 4.79 Å². The number of fused-ring (bicyclic) bond motifs is 3. The molecule has 0 heterocycles.